The first kappa shape index (κ1) is 15.5. The summed E-state index contributed by atoms with van der Waals surface area (Å²) in [4.78, 5) is 35.7. The third kappa shape index (κ3) is 3.81. The van der Waals surface area contributed by atoms with Crippen LogP contribution in [-0.4, -0.2) is 47.9 Å². The lowest BCUT2D eigenvalue weighted by Gasteiger charge is -2.35. The number of carbonyl (C=O) groups is 2. The van der Waals surface area contributed by atoms with E-state index in [1.807, 2.05) is 4.90 Å². The lowest BCUT2D eigenvalue weighted by atomic mass is 10.2. The van der Waals surface area contributed by atoms with E-state index in [1.54, 1.807) is 17.0 Å². The van der Waals surface area contributed by atoms with Crippen LogP contribution in [0.15, 0.2) is 36.4 Å². The van der Waals surface area contributed by atoms with E-state index in [9.17, 15) is 24.8 Å². The third-order valence-electron chi connectivity index (χ3n) is 3.38. The summed E-state index contributed by atoms with van der Waals surface area (Å²) in [6.45, 7) is 2.05. The number of benzene rings is 1. The van der Waals surface area contributed by atoms with Crippen molar-refractivity contribution < 1.29 is 19.6 Å². The standard InChI is InChI=1S/C14H15N3O5/c18-13(5-6-14(19)20)16-9-7-15(8-10-16)11-1-3-12(4-2-11)17(21)22/h1-6H,7-10H2,(H,19,20)/p-1/b6-5+. The second-order valence-corrected chi connectivity index (χ2v) is 4.74. The third-order valence-corrected chi connectivity index (χ3v) is 3.38. The van der Waals surface area contributed by atoms with Crippen LogP contribution in [0.1, 0.15) is 0 Å². The van der Waals surface area contributed by atoms with Gasteiger partial charge in [0.2, 0.25) is 5.91 Å². The summed E-state index contributed by atoms with van der Waals surface area (Å²) in [5.41, 5.74) is 0.882. The molecule has 116 valence electrons. The highest BCUT2D eigenvalue weighted by Gasteiger charge is 2.20. The molecule has 0 radical (unpaired) electrons. The zero-order valence-corrected chi connectivity index (χ0v) is 11.7. The molecule has 1 saturated heterocycles. The van der Waals surface area contributed by atoms with Crippen LogP contribution in [0, 0.1) is 10.1 Å². The highest BCUT2D eigenvalue weighted by Crippen LogP contribution is 2.20. The van der Waals surface area contributed by atoms with Crippen molar-refractivity contribution in [1.82, 2.24) is 4.90 Å². The van der Waals surface area contributed by atoms with Crippen LogP contribution < -0.4 is 10.0 Å². The van der Waals surface area contributed by atoms with Gasteiger partial charge in [0.1, 0.15) is 0 Å². The van der Waals surface area contributed by atoms with Crippen molar-refractivity contribution in [2.75, 3.05) is 31.1 Å². The van der Waals surface area contributed by atoms with Gasteiger partial charge in [-0.05, 0) is 18.2 Å². The smallest absolute Gasteiger partial charge is 0.269 e. The zero-order chi connectivity index (χ0) is 16.1. The number of hydrogen-bond acceptors (Lipinski definition) is 6. The minimum absolute atomic E-state index is 0.0324. The Labute approximate surface area is 126 Å². The molecule has 8 heteroatoms. The maximum absolute atomic E-state index is 11.7. The number of nitro benzene ring substituents is 1. The van der Waals surface area contributed by atoms with Crippen LogP contribution >= 0.6 is 0 Å². The van der Waals surface area contributed by atoms with Gasteiger partial charge in [-0.2, -0.15) is 0 Å². The number of non-ortho nitro benzene ring substituents is 1. The number of hydrogen-bond donors (Lipinski definition) is 0. The molecule has 0 unspecified atom stereocenters. The second kappa shape index (κ2) is 6.70. The molecule has 0 aliphatic carbocycles. The summed E-state index contributed by atoms with van der Waals surface area (Å²) < 4.78 is 0. The summed E-state index contributed by atoms with van der Waals surface area (Å²) in [5.74, 6) is -1.77. The molecule has 2 rings (SSSR count). The van der Waals surface area contributed by atoms with Gasteiger partial charge in [0, 0.05) is 50.1 Å². The SMILES string of the molecule is O=C([O-])/C=C/C(=O)N1CCN(c2ccc([N+](=O)[O-])cc2)CC1. The number of nitrogens with zero attached hydrogens (tertiary/aromatic N) is 3. The van der Waals surface area contributed by atoms with Crippen LogP contribution in [0.3, 0.4) is 0 Å². The van der Waals surface area contributed by atoms with Crippen LogP contribution in [-0.2, 0) is 9.59 Å². The molecule has 1 fully saturated rings. The lowest BCUT2D eigenvalue weighted by molar-refractivity contribution is -0.384. The van der Waals surface area contributed by atoms with Crippen LogP contribution in [0.5, 0.6) is 0 Å². The molecule has 0 saturated carbocycles. The lowest BCUT2D eigenvalue weighted by Crippen LogP contribution is -2.48. The summed E-state index contributed by atoms with van der Waals surface area (Å²) in [5, 5.41) is 20.9. The first-order chi connectivity index (χ1) is 10.5. The molecule has 0 atom stereocenters. The quantitative estimate of drug-likeness (QED) is 0.423. The summed E-state index contributed by atoms with van der Waals surface area (Å²) >= 11 is 0. The van der Waals surface area contributed by atoms with Gasteiger partial charge in [-0.25, -0.2) is 0 Å². The largest absolute Gasteiger partial charge is 0.545 e. The van der Waals surface area contributed by atoms with Crippen molar-refractivity contribution in [3.05, 3.63) is 46.5 Å². The minimum Gasteiger partial charge on any atom is -0.545 e. The summed E-state index contributed by atoms with van der Waals surface area (Å²) in [7, 11) is 0. The van der Waals surface area contributed by atoms with E-state index in [4.69, 9.17) is 0 Å². The first-order valence-electron chi connectivity index (χ1n) is 6.65. The average molecular weight is 304 g/mol. The maximum Gasteiger partial charge on any atom is 0.269 e. The van der Waals surface area contributed by atoms with Gasteiger partial charge in [0.05, 0.1) is 10.9 Å². The van der Waals surface area contributed by atoms with E-state index in [-0.39, 0.29) is 11.6 Å². The Morgan fingerprint density at radius 1 is 1.05 bits per heavy atom. The molecule has 0 bridgehead atoms. The maximum atomic E-state index is 11.7. The Morgan fingerprint density at radius 3 is 2.14 bits per heavy atom. The number of carboxylic acids is 1. The zero-order valence-electron chi connectivity index (χ0n) is 11.7. The highest BCUT2D eigenvalue weighted by atomic mass is 16.6. The van der Waals surface area contributed by atoms with E-state index in [2.05, 4.69) is 0 Å². The van der Waals surface area contributed by atoms with Crippen molar-refractivity contribution in [1.29, 1.82) is 0 Å². The Balaban J connectivity index is 1.93. The number of carbonyl (C=O) groups excluding carboxylic acids is 2. The van der Waals surface area contributed by atoms with Crippen LogP contribution in [0.4, 0.5) is 11.4 Å². The molecule has 1 aromatic rings. The molecule has 1 aromatic carbocycles. The van der Waals surface area contributed by atoms with Gasteiger partial charge in [-0.1, -0.05) is 0 Å². The second-order valence-electron chi connectivity index (χ2n) is 4.74. The topological polar surface area (TPSA) is 107 Å². The molecule has 0 spiro atoms. The van der Waals surface area contributed by atoms with E-state index in [0.29, 0.717) is 32.3 Å². The van der Waals surface area contributed by atoms with Gasteiger partial charge in [0.25, 0.3) is 5.69 Å². The number of nitro groups is 1. The van der Waals surface area contributed by atoms with Crippen molar-refractivity contribution in [3.8, 4) is 0 Å². The first-order valence-corrected chi connectivity index (χ1v) is 6.65. The van der Waals surface area contributed by atoms with Gasteiger partial charge in [0.15, 0.2) is 0 Å². The molecule has 1 heterocycles. The molecule has 0 aromatic heterocycles. The van der Waals surface area contributed by atoms with Crippen LogP contribution in [0.25, 0.3) is 0 Å². The Hall–Kier alpha value is -2.90. The van der Waals surface area contributed by atoms with Gasteiger partial charge >= 0.3 is 0 Å². The van der Waals surface area contributed by atoms with Crippen molar-refractivity contribution in [2.24, 2.45) is 0 Å². The van der Waals surface area contributed by atoms with E-state index < -0.39 is 10.9 Å². The van der Waals surface area contributed by atoms with Crippen molar-refractivity contribution >= 4 is 23.3 Å². The number of piperazine rings is 1. The number of amides is 1. The average Bonchev–Trinajstić information content (AvgIpc) is 2.53. The molecule has 22 heavy (non-hydrogen) atoms. The summed E-state index contributed by atoms with van der Waals surface area (Å²) in [6, 6.07) is 6.22. The normalized spacial score (nSPS) is 15.1. The monoisotopic (exact) mass is 304 g/mol. The molecule has 1 aliphatic rings. The number of aliphatic carboxylic acids is 1. The summed E-state index contributed by atoms with van der Waals surface area (Å²) in [6.07, 6.45) is 1.70. The molecule has 1 aliphatic heterocycles. The molecular formula is C14H14N3O5-. The van der Waals surface area contributed by atoms with Gasteiger partial charge in [-0.3, -0.25) is 14.9 Å². The van der Waals surface area contributed by atoms with Gasteiger partial charge < -0.3 is 19.7 Å². The fourth-order valence-electron chi connectivity index (χ4n) is 2.21. The van der Waals surface area contributed by atoms with E-state index >= 15 is 0 Å². The Bertz CT molecular complexity index is 603. The van der Waals surface area contributed by atoms with Crippen molar-refractivity contribution in [3.63, 3.8) is 0 Å². The predicted octanol–water partition coefficient (Wildman–Crippen LogP) is -0.451. The molecular weight excluding hydrogens is 290 g/mol. The molecule has 8 nitrogen and oxygen atoms in total. The predicted molar refractivity (Wildman–Crippen MR) is 76.0 cm³/mol. The minimum atomic E-state index is -1.40. The highest BCUT2D eigenvalue weighted by molar-refractivity contribution is 5.93. The number of anilines is 1. The Morgan fingerprint density at radius 2 is 1.64 bits per heavy atom. The fraction of sp³-hybridized carbons (Fsp3) is 0.286. The van der Waals surface area contributed by atoms with Crippen molar-refractivity contribution in [2.45, 2.75) is 0 Å². The van der Waals surface area contributed by atoms with E-state index in [0.717, 1.165) is 11.8 Å². The van der Waals surface area contributed by atoms with E-state index in [1.165, 1.54) is 12.1 Å². The molecule has 1 amide bonds. The number of carboxylic acid groups (broad SMARTS) is 1. The fourth-order valence-corrected chi connectivity index (χ4v) is 2.21. The molecule has 0 N–H and O–H groups in total. The van der Waals surface area contributed by atoms with Gasteiger partial charge in [-0.15, -0.1) is 0 Å². The number of rotatable bonds is 4. The van der Waals surface area contributed by atoms with Crippen LogP contribution in [0.2, 0.25) is 0 Å². The Kier molecular flexibility index (Phi) is 4.72.